The second-order valence-corrected chi connectivity index (χ2v) is 2.83. The number of halogens is 8. The first-order valence-electron chi connectivity index (χ1n) is 3.65. The molecule has 0 saturated heterocycles. The van der Waals surface area contributed by atoms with E-state index in [-0.39, 0.29) is 31.0 Å². The van der Waals surface area contributed by atoms with Crippen LogP contribution in [0.3, 0.4) is 0 Å². The molecule has 0 aromatic heterocycles. The maximum absolute atomic E-state index is 12.4. The van der Waals surface area contributed by atoms with Gasteiger partial charge in [-0.1, -0.05) is 0 Å². The first-order valence-corrected chi connectivity index (χ1v) is 3.65. The van der Waals surface area contributed by atoms with Crippen molar-refractivity contribution in [1.29, 1.82) is 0 Å². The van der Waals surface area contributed by atoms with Gasteiger partial charge in [-0.05, 0) is 0 Å². The molecule has 4 unspecified atom stereocenters. The number of alkyl halides is 8. The summed E-state index contributed by atoms with van der Waals surface area (Å²) in [7, 11) is 0. The minimum absolute atomic E-state index is 0. The summed E-state index contributed by atoms with van der Waals surface area (Å²) in [5.41, 5.74) is 0. The van der Waals surface area contributed by atoms with E-state index in [1.54, 1.807) is 0 Å². The van der Waals surface area contributed by atoms with E-state index >= 15 is 0 Å². The second kappa shape index (κ2) is 6.50. The van der Waals surface area contributed by atoms with Gasteiger partial charge in [0.1, 0.15) is 0 Å². The maximum Gasteiger partial charge on any atom is 1.00 e. The third-order valence-corrected chi connectivity index (χ3v) is 1.59. The van der Waals surface area contributed by atoms with Crippen LogP contribution in [0.5, 0.6) is 0 Å². The zero-order valence-electron chi connectivity index (χ0n) is 9.23. The molecule has 0 aromatic rings. The van der Waals surface area contributed by atoms with Crippen molar-refractivity contribution < 1.29 is 76.3 Å². The summed E-state index contributed by atoms with van der Waals surface area (Å²) < 4.78 is 96.5. The Balaban J connectivity index is -0.00000112. The fourth-order valence-electron chi connectivity index (χ4n) is 0.679. The average molecular weight is 286 g/mol. The van der Waals surface area contributed by atoms with Crippen LogP contribution in [0.4, 0.5) is 35.1 Å². The van der Waals surface area contributed by atoms with Crippen molar-refractivity contribution in [2.45, 2.75) is 36.9 Å². The van der Waals surface area contributed by atoms with Gasteiger partial charge < -0.3 is 11.6 Å². The molecular weight excluding hydrogens is 279 g/mol. The van der Waals surface area contributed by atoms with Crippen molar-refractivity contribution in [3.8, 4) is 0 Å². The third kappa shape index (κ3) is 4.51. The van der Waals surface area contributed by atoms with Crippen LogP contribution in [0, 0.1) is 0 Å². The zero-order chi connectivity index (χ0) is 13.3. The van der Waals surface area contributed by atoms with Crippen LogP contribution in [0.1, 0.15) is 1.43 Å². The van der Waals surface area contributed by atoms with Gasteiger partial charge in [0.15, 0.2) is 12.3 Å². The summed E-state index contributed by atoms with van der Waals surface area (Å²) in [5, 5.41) is 15.3. The maximum atomic E-state index is 12.4. The van der Waals surface area contributed by atoms with E-state index in [9.17, 15) is 35.1 Å². The number of aliphatic hydroxyl groups is 2. The van der Waals surface area contributed by atoms with E-state index in [0.29, 0.717) is 0 Å². The molecule has 0 bridgehead atoms. The van der Waals surface area contributed by atoms with Gasteiger partial charge in [-0.2, -0.15) is 17.6 Å². The number of hydrogen-bond acceptors (Lipinski definition) is 2. The van der Waals surface area contributed by atoms with Crippen LogP contribution in [0.2, 0.25) is 0 Å². The van der Waals surface area contributed by atoms with Crippen molar-refractivity contribution in [2.24, 2.45) is 0 Å². The minimum atomic E-state index is -5.95. The number of hydrogen-bond donors (Lipinski definition) is 2. The Kier molecular flexibility index (Phi) is 7.54. The molecule has 0 fully saturated rings. The minimum Gasteiger partial charge on any atom is -1.00 e. The molecule has 0 aliphatic heterocycles. The van der Waals surface area contributed by atoms with Gasteiger partial charge in [-0.15, -0.1) is 0 Å². The van der Waals surface area contributed by atoms with Crippen LogP contribution in [-0.2, 0) is 0 Å². The van der Waals surface area contributed by atoms with Gasteiger partial charge in [0.2, 0.25) is 12.5 Å². The molecule has 0 rings (SSSR count). The van der Waals surface area contributed by atoms with Crippen molar-refractivity contribution in [1.82, 2.24) is 0 Å². The van der Waals surface area contributed by atoms with Crippen LogP contribution in [0.25, 0.3) is 0 Å². The molecule has 100 valence electrons. The summed E-state index contributed by atoms with van der Waals surface area (Å²) in [6, 6.07) is 0. The van der Waals surface area contributed by atoms with E-state index in [0.717, 1.165) is 0 Å². The van der Waals surface area contributed by atoms with Gasteiger partial charge in [-0.3, -0.25) is 0 Å². The molecule has 4 atom stereocenters. The molecule has 11 heteroatoms. The Morgan fingerprint density at radius 2 is 1.24 bits per heavy atom. The standard InChI is InChI=1S/C6H6F8O2.Na.H/c7-1(2(8)4(10)15)3(9)5(11,12)6(13,14)16;;/h1-4,15-16H;;/q;+1;-1. The predicted octanol–water partition coefficient (Wildman–Crippen LogP) is -1.37. The monoisotopic (exact) mass is 286 g/mol. The largest absolute Gasteiger partial charge is 1.00 e. The Hall–Kier alpha value is 0.360. The summed E-state index contributed by atoms with van der Waals surface area (Å²) in [6.45, 7) is 0. The van der Waals surface area contributed by atoms with Gasteiger partial charge in [0.25, 0.3) is 0 Å². The predicted molar refractivity (Wildman–Crippen MR) is 35.0 cm³/mol. The molecule has 0 aliphatic carbocycles. The van der Waals surface area contributed by atoms with E-state index in [1.807, 2.05) is 0 Å². The summed E-state index contributed by atoms with van der Waals surface area (Å²) in [4.78, 5) is 0. The van der Waals surface area contributed by atoms with Gasteiger partial charge in [-0.25, -0.2) is 17.6 Å². The summed E-state index contributed by atoms with van der Waals surface area (Å²) in [5.74, 6) is -5.95. The topological polar surface area (TPSA) is 40.5 Å². The first kappa shape index (κ1) is 19.7. The molecule has 2 nitrogen and oxygen atoms in total. The smallest absolute Gasteiger partial charge is 1.00 e. The summed E-state index contributed by atoms with van der Waals surface area (Å²) in [6.07, 6.45) is -22.0. The van der Waals surface area contributed by atoms with Gasteiger partial charge in [0, 0.05) is 0 Å². The van der Waals surface area contributed by atoms with E-state index in [1.165, 1.54) is 0 Å². The zero-order valence-corrected chi connectivity index (χ0v) is 10.2. The molecule has 0 aliphatic rings. The molecule has 0 radical (unpaired) electrons. The van der Waals surface area contributed by atoms with E-state index in [2.05, 4.69) is 0 Å². The first-order chi connectivity index (χ1) is 6.93. The molecule has 2 N–H and O–H groups in total. The third-order valence-electron chi connectivity index (χ3n) is 1.59. The second-order valence-electron chi connectivity index (χ2n) is 2.83. The van der Waals surface area contributed by atoms with E-state index < -0.39 is 36.9 Å². The molecule has 17 heavy (non-hydrogen) atoms. The van der Waals surface area contributed by atoms with Gasteiger partial charge in [0.05, 0.1) is 0 Å². The van der Waals surface area contributed by atoms with Gasteiger partial charge >= 0.3 is 41.6 Å². The van der Waals surface area contributed by atoms with Crippen LogP contribution < -0.4 is 29.6 Å². The van der Waals surface area contributed by atoms with E-state index in [4.69, 9.17) is 10.2 Å². The average Bonchev–Trinajstić information content (AvgIpc) is 2.12. The fraction of sp³-hybridized carbons (Fsp3) is 1.00. The Morgan fingerprint density at radius 3 is 1.47 bits per heavy atom. The Morgan fingerprint density at radius 1 is 0.882 bits per heavy atom. The van der Waals surface area contributed by atoms with Crippen molar-refractivity contribution in [3.63, 3.8) is 0 Å². The normalized spacial score (nSPS) is 20.1. The molecule has 0 aromatic carbocycles. The summed E-state index contributed by atoms with van der Waals surface area (Å²) >= 11 is 0. The molecular formula is C6H7F8NaO2. The van der Waals surface area contributed by atoms with Crippen molar-refractivity contribution in [2.75, 3.05) is 0 Å². The quantitative estimate of drug-likeness (QED) is 0.483. The number of aliphatic hydroxyl groups excluding tert-OH is 1. The van der Waals surface area contributed by atoms with Crippen LogP contribution in [-0.4, -0.2) is 47.1 Å². The Bertz CT molecular complexity index is 238. The van der Waals surface area contributed by atoms with Crippen LogP contribution in [0.15, 0.2) is 0 Å². The van der Waals surface area contributed by atoms with Crippen molar-refractivity contribution in [3.05, 3.63) is 0 Å². The SMILES string of the molecule is OC(F)C(F)C(F)C(F)C(F)(F)C(O)(F)F.[H-].[Na+]. The fourth-order valence-corrected chi connectivity index (χ4v) is 0.679. The molecule has 0 saturated carbocycles. The molecule has 0 spiro atoms. The molecule has 0 amide bonds. The molecule has 0 heterocycles. The van der Waals surface area contributed by atoms with Crippen molar-refractivity contribution >= 4 is 0 Å². The Labute approximate surface area is 113 Å². The number of rotatable bonds is 5. The van der Waals surface area contributed by atoms with Crippen LogP contribution >= 0.6 is 0 Å².